The van der Waals surface area contributed by atoms with Gasteiger partial charge in [-0.05, 0) is 43.2 Å². The van der Waals surface area contributed by atoms with Crippen LogP contribution < -0.4 is 20.2 Å². The molecule has 3 aromatic rings. The number of carbonyl (C=O) groups is 1. The molecule has 0 radical (unpaired) electrons. The lowest BCUT2D eigenvalue weighted by Crippen LogP contribution is -2.50. The van der Waals surface area contributed by atoms with Crippen LogP contribution in [0, 0.1) is 0 Å². The van der Waals surface area contributed by atoms with Crippen molar-refractivity contribution in [3.05, 3.63) is 47.0 Å². The van der Waals surface area contributed by atoms with Gasteiger partial charge in [0.2, 0.25) is 5.91 Å². The van der Waals surface area contributed by atoms with Crippen LogP contribution in [0.25, 0.3) is 5.78 Å². The summed E-state index contributed by atoms with van der Waals surface area (Å²) in [4.78, 5) is 36.3. The Labute approximate surface area is 185 Å². The minimum Gasteiger partial charge on any atom is -0.497 e. The van der Waals surface area contributed by atoms with Crippen LogP contribution in [0.15, 0.2) is 41.3 Å². The number of nitrogens with zero attached hydrogens (tertiary/aromatic N) is 7. The first kappa shape index (κ1) is 20.3. The summed E-state index contributed by atoms with van der Waals surface area (Å²) in [5.41, 5.74) is 0.764. The lowest BCUT2D eigenvalue weighted by Gasteiger charge is -2.36. The van der Waals surface area contributed by atoms with Gasteiger partial charge in [0.1, 0.15) is 18.1 Å². The Hall–Kier alpha value is -3.56. The van der Waals surface area contributed by atoms with E-state index in [9.17, 15) is 9.59 Å². The van der Waals surface area contributed by atoms with Crippen molar-refractivity contribution in [3.63, 3.8) is 0 Å². The highest BCUT2D eigenvalue weighted by molar-refractivity contribution is 5.76. The summed E-state index contributed by atoms with van der Waals surface area (Å²) in [7, 11) is 1.65. The molecule has 0 N–H and O–H groups in total. The third kappa shape index (κ3) is 3.88. The number of piperazine rings is 1. The van der Waals surface area contributed by atoms with Crippen molar-refractivity contribution in [2.45, 2.75) is 19.4 Å². The first-order valence-electron chi connectivity index (χ1n) is 11.0. The zero-order valence-corrected chi connectivity index (χ0v) is 18.2. The van der Waals surface area contributed by atoms with E-state index >= 15 is 0 Å². The van der Waals surface area contributed by atoms with Gasteiger partial charge in [-0.3, -0.25) is 4.79 Å². The van der Waals surface area contributed by atoms with E-state index in [-0.39, 0.29) is 18.1 Å². The molecule has 0 aliphatic carbocycles. The fourth-order valence-electron chi connectivity index (χ4n) is 4.36. The summed E-state index contributed by atoms with van der Waals surface area (Å²) in [6, 6.07) is 9.76. The van der Waals surface area contributed by atoms with Crippen molar-refractivity contribution in [2.24, 2.45) is 0 Å². The van der Waals surface area contributed by atoms with E-state index in [4.69, 9.17) is 4.74 Å². The van der Waals surface area contributed by atoms with Gasteiger partial charge in [0.05, 0.1) is 7.11 Å². The monoisotopic (exact) mass is 437 g/mol. The number of rotatable bonds is 5. The molecule has 2 aliphatic heterocycles. The number of aromatic nitrogens is 4. The van der Waals surface area contributed by atoms with Gasteiger partial charge in [-0.1, -0.05) is 0 Å². The first-order chi connectivity index (χ1) is 15.6. The van der Waals surface area contributed by atoms with Gasteiger partial charge >= 0.3 is 5.69 Å². The molecule has 2 aliphatic rings. The van der Waals surface area contributed by atoms with Crippen molar-refractivity contribution in [3.8, 4) is 5.75 Å². The topological polar surface area (TPSA) is 88.2 Å². The van der Waals surface area contributed by atoms with Crippen LogP contribution in [0.4, 0.5) is 11.5 Å². The van der Waals surface area contributed by atoms with Crippen molar-refractivity contribution < 1.29 is 9.53 Å². The molecule has 1 amide bonds. The molecule has 5 rings (SSSR count). The molecule has 0 atom stereocenters. The number of benzene rings is 1. The normalized spacial score (nSPS) is 16.7. The molecule has 4 heterocycles. The maximum atomic E-state index is 12.9. The maximum Gasteiger partial charge on any atom is 0.352 e. The number of hydrogen-bond acceptors (Lipinski definition) is 7. The molecule has 10 heteroatoms. The van der Waals surface area contributed by atoms with Crippen molar-refractivity contribution in [2.75, 3.05) is 56.2 Å². The Bertz CT molecular complexity index is 1160. The molecule has 2 fully saturated rings. The Morgan fingerprint density at radius 3 is 2.38 bits per heavy atom. The zero-order chi connectivity index (χ0) is 22.1. The maximum absolute atomic E-state index is 12.9. The molecule has 32 heavy (non-hydrogen) atoms. The van der Waals surface area contributed by atoms with Crippen LogP contribution in [0.5, 0.6) is 5.75 Å². The summed E-state index contributed by atoms with van der Waals surface area (Å²) in [6.07, 6.45) is 3.99. The van der Waals surface area contributed by atoms with E-state index in [1.165, 1.54) is 9.08 Å². The number of anilines is 2. The molecule has 0 saturated carbocycles. The molecule has 168 valence electrons. The summed E-state index contributed by atoms with van der Waals surface area (Å²) in [5.74, 6) is 1.87. The number of carbonyl (C=O) groups excluding carboxylic acids is 1. The fourth-order valence-corrected chi connectivity index (χ4v) is 4.36. The zero-order valence-electron chi connectivity index (χ0n) is 18.2. The van der Waals surface area contributed by atoms with E-state index < -0.39 is 0 Å². The van der Waals surface area contributed by atoms with Gasteiger partial charge < -0.3 is 19.4 Å². The molecular weight excluding hydrogens is 410 g/mol. The lowest BCUT2D eigenvalue weighted by molar-refractivity contribution is -0.132. The van der Waals surface area contributed by atoms with Crippen molar-refractivity contribution in [1.29, 1.82) is 0 Å². The molecule has 2 saturated heterocycles. The van der Waals surface area contributed by atoms with Crippen molar-refractivity contribution >= 4 is 23.2 Å². The second-order valence-electron chi connectivity index (χ2n) is 8.16. The third-order valence-corrected chi connectivity index (χ3v) is 6.22. The van der Waals surface area contributed by atoms with E-state index in [1.54, 1.807) is 18.2 Å². The van der Waals surface area contributed by atoms with Crippen LogP contribution in [-0.2, 0) is 11.3 Å². The van der Waals surface area contributed by atoms with E-state index in [0.29, 0.717) is 18.9 Å². The predicted molar refractivity (Wildman–Crippen MR) is 120 cm³/mol. The van der Waals surface area contributed by atoms with Gasteiger partial charge in [0, 0.05) is 51.2 Å². The van der Waals surface area contributed by atoms with Gasteiger partial charge in [-0.25, -0.2) is 13.9 Å². The smallest absolute Gasteiger partial charge is 0.352 e. The number of methoxy groups -OCH3 is 1. The highest BCUT2D eigenvalue weighted by atomic mass is 16.5. The predicted octanol–water partition coefficient (Wildman–Crippen LogP) is 0.849. The fraction of sp³-hybridized carbons (Fsp3) is 0.455. The first-order valence-corrected chi connectivity index (χ1v) is 11.0. The third-order valence-electron chi connectivity index (χ3n) is 6.22. The van der Waals surface area contributed by atoms with Crippen LogP contribution in [0.2, 0.25) is 0 Å². The molecule has 10 nitrogen and oxygen atoms in total. The molecule has 2 aromatic heterocycles. The quantitative estimate of drug-likeness (QED) is 0.585. The number of ether oxygens (including phenoxy) is 1. The van der Waals surface area contributed by atoms with Crippen molar-refractivity contribution in [1.82, 2.24) is 24.1 Å². The van der Waals surface area contributed by atoms with E-state index in [2.05, 4.69) is 19.9 Å². The molecule has 0 bridgehead atoms. The van der Waals surface area contributed by atoms with Gasteiger partial charge in [-0.15, -0.1) is 5.10 Å². The van der Waals surface area contributed by atoms with Crippen LogP contribution >= 0.6 is 0 Å². The SMILES string of the molecule is COc1ccc(N2CCN(C(=O)Cn3nc4nc(N5CCCC5)ccn4c3=O)CC2)cc1. The van der Waals surface area contributed by atoms with Gasteiger partial charge in [0.15, 0.2) is 0 Å². The largest absolute Gasteiger partial charge is 0.497 e. The Morgan fingerprint density at radius 1 is 0.969 bits per heavy atom. The minimum atomic E-state index is -0.342. The standard InChI is InChI=1S/C22H27N7O3/c1-32-18-6-4-17(5-7-18)25-12-14-27(15-13-25)20(30)16-29-22(31)28-11-8-19(23-21(28)24-29)26-9-2-3-10-26/h4-8,11H,2-3,9-10,12-16H2,1H3. The van der Waals surface area contributed by atoms with E-state index in [0.717, 1.165) is 56.3 Å². The van der Waals surface area contributed by atoms with Crippen LogP contribution in [-0.4, -0.2) is 76.4 Å². The molecule has 0 unspecified atom stereocenters. The number of fused-ring (bicyclic) bond motifs is 1. The summed E-state index contributed by atoms with van der Waals surface area (Å²) in [6.45, 7) is 4.53. The Kier molecular flexibility index (Phi) is 5.42. The molecule has 1 aromatic carbocycles. The second kappa shape index (κ2) is 8.52. The average molecular weight is 438 g/mol. The van der Waals surface area contributed by atoms with E-state index in [1.807, 2.05) is 30.3 Å². The van der Waals surface area contributed by atoms with Crippen LogP contribution in [0.3, 0.4) is 0 Å². The second-order valence-corrected chi connectivity index (χ2v) is 8.16. The van der Waals surface area contributed by atoms with Crippen LogP contribution in [0.1, 0.15) is 12.8 Å². The highest BCUT2D eigenvalue weighted by Gasteiger charge is 2.23. The average Bonchev–Trinajstić information content (AvgIpc) is 3.48. The summed E-state index contributed by atoms with van der Waals surface area (Å²) < 4.78 is 7.83. The minimum absolute atomic E-state index is 0.0796. The lowest BCUT2D eigenvalue weighted by atomic mass is 10.2. The number of hydrogen-bond donors (Lipinski definition) is 0. The Morgan fingerprint density at radius 2 is 1.69 bits per heavy atom. The molecular formula is C22H27N7O3. The van der Waals surface area contributed by atoms with Gasteiger partial charge in [-0.2, -0.15) is 4.98 Å². The Balaban J connectivity index is 1.24. The van der Waals surface area contributed by atoms with Gasteiger partial charge in [0.25, 0.3) is 5.78 Å². The highest BCUT2D eigenvalue weighted by Crippen LogP contribution is 2.21. The summed E-state index contributed by atoms with van der Waals surface area (Å²) in [5, 5.41) is 4.32. The molecule has 0 spiro atoms. The summed E-state index contributed by atoms with van der Waals surface area (Å²) >= 11 is 0. The number of amides is 1.